The van der Waals surface area contributed by atoms with Gasteiger partial charge in [-0.3, -0.25) is 0 Å². The minimum absolute atomic E-state index is 0.00198. The summed E-state index contributed by atoms with van der Waals surface area (Å²) in [7, 11) is -4.34. The van der Waals surface area contributed by atoms with Crippen molar-refractivity contribution in [3.05, 3.63) is 66.2 Å². The smallest absolute Gasteiger partial charge is 0.259 e. The molecule has 0 aliphatic heterocycles. The molecule has 8 heteroatoms. The van der Waals surface area contributed by atoms with Crippen molar-refractivity contribution in [2.75, 3.05) is 26.4 Å². The van der Waals surface area contributed by atoms with Crippen LogP contribution < -0.4 is 0 Å². The van der Waals surface area contributed by atoms with Gasteiger partial charge >= 0.3 is 0 Å². The van der Waals surface area contributed by atoms with Crippen LogP contribution in [0.4, 0.5) is 0 Å². The average Bonchev–Trinajstić information content (AvgIpc) is 2.83. The van der Waals surface area contributed by atoms with Gasteiger partial charge in [-0.05, 0) is 45.4 Å². The highest BCUT2D eigenvalue weighted by Crippen LogP contribution is 2.68. The third kappa shape index (κ3) is 3.42. The highest BCUT2D eigenvalue weighted by atomic mass is 32.2. The second-order valence-electron chi connectivity index (χ2n) is 7.52. The van der Waals surface area contributed by atoms with Gasteiger partial charge in [0.15, 0.2) is 0 Å². The summed E-state index contributed by atoms with van der Waals surface area (Å²) in [6.07, 6.45) is 0. The molecule has 0 saturated heterocycles. The maximum absolute atomic E-state index is 14.3. The van der Waals surface area contributed by atoms with Crippen LogP contribution in [0.1, 0.15) is 39.2 Å². The third-order valence-corrected chi connectivity index (χ3v) is 8.26. The van der Waals surface area contributed by atoms with Crippen LogP contribution >= 0.6 is 0 Å². The van der Waals surface area contributed by atoms with E-state index in [4.69, 9.17) is 18.9 Å². The first-order valence-electron chi connectivity index (χ1n) is 11.2. The number of rotatable bonds is 11. The molecule has 0 spiro atoms. The van der Waals surface area contributed by atoms with Crippen molar-refractivity contribution in [3.8, 4) is 6.07 Å². The lowest BCUT2D eigenvalue weighted by Gasteiger charge is -2.67. The molecule has 0 amide bonds. The van der Waals surface area contributed by atoms with Crippen LogP contribution in [-0.4, -0.2) is 51.2 Å². The zero-order chi connectivity index (χ0) is 24.2. The minimum atomic E-state index is -4.34. The molecule has 2 aromatic carbocycles. The number of sulfone groups is 1. The van der Waals surface area contributed by atoms with Gasteiger partial charge < -0.3 is 18.9 Å². The summed E-state index contributed by atoms with van der Waals surface area (Å²) in [4.78, 5) is -0.00198. The van der Waals surface area contributed by atoms with Crippen LogP contribution in [0, 0.1) is 11.3 Å². The van der Waals surface area contributed by atoms with Crippen molar-refractivity contribution in [1.82, 2.24) is 0 Å². The molecule has 0 N–H and O–H groups in total. The van der Waals surface area contributed by atoms with Crippen molar-refractivity contribution in [1.29, 1.82) is 5.26 Å². The van der Waals surface area contributed by atoms with Crippen LogP contribution in [0.15, 0.2) is 65.6 Å². The standard InChI is InChI=1S/C25H31NO6S/c1-5-29-24(30-6-2)22(20-15-11-9-12-16-20)23(19-26,25(24,31-7-3)32-8-4)33(27,28)21-17-13-10-14-18-21/h9-18,22H,5-8H2,1-4H3/t22-,23-/m1/s1. The minimum Gasteiger partial charge on any atom is -0.345 e. The van der Waals surface area contributed by atoms with E-state index in [0.717, 1.165) is 0 Å². The molecule has 0 radical (unpaired) electrons. The second kappa shape index (κ2) is 9.92. The van der Waals surface area contributed by atoms with Gasteiger partial charge in [0.05, 0.1) is 16.9 Å². The Bertz CT molecular complexity index is 1060. The molecule has 0 heterocycles. The summed E-state index contributed by atoms with van der Waals surface area (Å²) >= 11 is 0. The van der Waals surface area contributed by atoms with E-state index >= 15 is 0 Å². The molecule has 1 fully saturated rings. The summed E-state index contributed by atoms with van der Waals surface area (Å²) in [5.41, 5.74) is 0.579. The van der Waals surface area contributed by atoms with Crippen LogP contribution in [0.25, 0.3) is 0 Å². The Kier molecular flexibility index (Phi) is 7.62. The van der Waals surface area contributed by atoms with Gasteiger partial charge in [0.2, 0.25) is 20.4 Å². The molecule has 3 rings (SSSR count). The van der Waals surface area contributed by atoms with Crippen molar-refractivity contribution >= 4 is 9.84 Å². The van der Waals surface area contributed by atoms with E-state index in [0.29, 0.717) is 5.56 Å². The Hall–Kier alpha value is -2.28. The van der Waals surface area contributed by atoms with E-state index in [1.54, 1.807) is 70.2 Å². The summed E-state index contributed by atoms with van der Waals surface area (Å²) < 4.78 is 51.1. The van der Waals surface area contributed by atoms with Crippen molar-refractivity contribution in [2.24, 2.45) is 0 Å². The summed E-state index contributed by atoms with van der Waals surface area (Å²) in [5.74, 6) is -4.74. The molecule has 1 aliphatic carbocycles. The fourth-order valence-corrected chi connectivity index (χ4v) is 7.16. The Morgan fingerprint density at radius 1 is 0.788 bits per heavy atom. The lowest BCUT2D eigenvalue weighted by atomic mass is 9.58. The number of nitriles is 1. The zero-order valence-electron chi connectivity index (χ0n) is 19.5. The molecule has 1 aliphatic rings. The van der Waals surface area contributed by atoms with E-state index in [1.807, 2.05) is 6.07 Å². The maximum atomic E-state index is 14.3. The van der Waals surface area contributed by atoms with E-state index in [9.17, 15) is 13.7 Å². The number of hydrogen-bond acceptors (Lipinski definition) is 7. The van der Waals surface area contributed by atoms with Gasteiger partial charge in [0, 0.05) is 26.4 Å². The Morgan fingerprint density at radius 3 is 1.67 bits per heavy atom. The molecule has 0 bridgehead atoms. The fourth-order valence-electron chi connectivity index (χ4n) is 4.94. The molecule has 178 valence electrons. The number of hydrogen-bond donors (Lipinski definition) is 0. The van der Waals surface area contributed by atoms with Gasteiger partial charge in [0.1, 0.15) is 0 Å². The molecule has 2 aromatic rings. The SMILES string of the molecule is CCOC1(OCC)[C@H](c2ccccc2)[C@@](C#N)(S(=O)(=O)c2ccccc2)C1(OCC)OCC. The van der Waals surface area contributed by atoms with Gasteiger partial charge in [-0.15, -0.1) is 0 Å². The second-order valence-corrected chi connectivity index (χ2v) is 9.65. The molecule has 0 unspecified atom stereocenters. The highest BCUT2D eigenvalue weighted by molar-refractivity contribution is 7.93. The highest BCUT2D eigenvalue weighted by Gasteiger charge is 2.91. The molecular formula is C25H31NO6S. The Labute approximate surface area is 196 Å². The Balaban J connectivity index is 2.46. The van der Waals surface area contributed by atoms with E-state index < -0.39 is 32.1 Å². The van der Waals surface area contributed by atoms with Gasteiger partial charge in [-0.2, -0.15) is 5.26 Å². The largest absolute Gasteiger partial charge is 0.345 e. The Morgan fingerprint density at radius 2 is 1.24 bits per heavy atom. The quantitative estimate of drug-likeness (QED) is 0.454. The lowest BCUT2D eigenvalue weighted by Crippen LogP contribution is -2.89. The summed E-state index contributed by atoms with van der Waals surface area (Å²) in [6.45, 7) is 7.55. The number of benzene rings is 2. The van der Waals surface area contributed by atoms with Crippen molar-refractivity contribution in [3.63, 3.8) is 0 Å². The molecule has 1 saturated carbocycles. The van der Waals surface area contributed by atoms with E-state index in [2.05, 4.69) is 6.07 Å². The first-order chi connectivity index (χ1) is 15.9. The monoisotopic (exact) mass is 473 g/mol. The molecule has 7 nitrogen and oxygen atoms in total. The first kappa shape index (κ1) is 25.3. The molecule has 33 heavy (non-hydrogen) atoms. The number of nitrogens with zero attached hydrogens (tertiary/aromatic N) is 1. The molecule has 0 aromatic heterocycles. The first-order valence-corrected chi connectivity index (χ1v) is 12.7. The van der Waals surface area contributed by atoms with Gasteiger partial charge in [0.25, 0.3) is 5.79 Å². The maximum Gasteiger partial charge on any atom is 0.259 e. The van der Waals surface area contributed by atoms with Crippen LogP contribution in [0.2, 0.25) is 0 Å². The lowest BCUT2D eigenvalue weighted by molar-refractivity contribution is -0.472. The number of ether oxygens (including phenoxy) is 4. The third-order valence-electron chi connectivity index (χ3n) is 5.92. The summed E-state index contributed by atoms with van der Waals surface area (Å²) in [5, 5.41) is 10.7. The van der Waals surface area contributed by atoms with Crippen molar-refractivity contribution < 1.29 is 27.4 Å². The van der Waals surface area contributed by atoms with Gasteiger partial charge in [-0.1, -0.05) is 48.5 Å². The molecule has 2 atom stereocenters. The predicted molar refractivity (Wildman–Crippen MR) is 123 cm³/mol. The fraction of sp³-hybridized carbons (Fsp3) is 0.480. The van der Waals surface area contributed by atoms with Crippen LogP contribution in [0.5, 0.6) is 0 Å². The van der Waals surface area contributed by atoms with Crippen molar-refractivity contribution in [2.45, 2.75) is 54.8 Å². The van der Waals surface area contributed by atoms with Crippen LogP contribution in [-0.2, 0) is 28.8 Å². The zero-order valence-corrected chi connectivity index (χ0v) is 20.3. The van der Waals surface area contributed by atoms with Gasteiger partial charge in [-0.25, -0.2) is 8.42 Å². The normalized spacial score (nSPS) is 23.4. The van der Waals surface area contributed by atoms with E-state index in [-0.39, 0.29) is 31.3 Å². The van der Waals surface area contributed by atoms with Crippen LogP contribution in [0.3, 0.4) is 0 Å². The summed E-state index contributed by atoms with van der Waals surface area (Å²) in [6, 6.07) is 19.0. The van der Waals surface area contributed by atoms with E-state index in [1.165, 1.54) is 12.1 Å². The predicted octanol–water partition coefficient (Wildman–Crippen LogP) is 4.06. The topological polar surface area (TPSA) is 94.9 Å². The average molecular weight is 474 g/mol. The molecular weight excluding hydrogens is 442 g/mol.